The third-order valence-electron chi connectivity index (χ3n) is 12.2. The quantitative estimate of drug-likeness (QED) is 0.0969. The van der Waals surface area contributed by atoms with Crippen LogP contribution in [0.3, 0.4) is 0 Å². The van der Waals surface area contributed by atoms with E-state index in [0.717, 1.165) is 74.6 Å². The Morgan fingerprint density at radius 3 is 2.45 bits per heavy atom. The number of nitrogens with zero attached hydrogens (tertiary/aromatic N) is 7. The number of rotatable bonds is 12. The molecule has 322 valence electrons. The highest BCUT2D eigenvalue weighted by Gasteiger charge is 2.54. The molecule has 2 N–H and O–H groups in total. The van der Waals surface area contributed by atoms with Crippen molar-refractivity contribution in [2.24, 2.45) is 7.05 Å². The molecule has 4 heterocycles. The molecule has 1 saturated carbocycles. The number of halogens is 2. The number of hydrogen-bond acceptors (Lipinski definition) is 11. The van der Waals surface area contributed by atoms with Crippen LogP contribution < -0.4 is 10.6 Å². The van der Waals surface area contributed by atoms with Crippen molar-refractivity contribution in [1.29, 1.82) is 5.26 Å². The highest BCUT2D eigenvalue weighted by atomic mass is 35.5. The van der Waals surface area contributed by atoms with Gasteiger partial charge in [-0.3, -0.25) is 34.1 Å². The molecule has 3 aliphatic heterocycles. The maximum atomic E-state index is 13.6. The molecule has 1 aliphatic carbocycles. The van der Waals surface area contributed by atoms with Crippen LogP contribution in [0.2, 0.25) is 5.02 Å². The Kier molecular flexibility index (Phi) is 14.2. The molecular weight excluding hydrogens is 829 g/mol. The number of hydrogen-bond donors (Lipinski definition) is 2. The Morgan fingerprint density at radius 2 is 1.78 bits per heavy atom. The summed E-state index contributed by atoms with van der Waals surface area (Å²) in [5.74, 6) is -1.54. The second-order valence-electron chi connectivity index (χ2n) is 16.7. The largest absolute Gasteiger partial charge is 0.378 e. The molecule has 18 heteroatoms. The third kappa shape index (κ3) is 9.31. The van der Waals surface area contributed by atoms with Crippen molar-refractivity contribution >= 4 is 82.2 Å². The van der Waals surface area contributed by atoms with Crippen LogP contribution in [0.1, 0.15) is 89.8 Å². The van der Waals surface area contributed by atoms with E-state index >= 15 is 0 Å². The number of piperazine rings is 1. The van der Waals surface area contributed by atoms with E-state index in [9.17, 15) is 29.2 Å². The molecule has 15 nitrogen and oxygen atoms in total. The summed E-state index contributed by atoms with van der Waals surface area (Å²) in [5, 5.41) is 20.4. The van der Waals surface area contributed by atoms with Crippen molar-refractivity contribution in [1.82, 2.24) is 34.1 Å². The number of aryl methyl sites for hydroxylation is 1. The minimum absolute atomic E-state index is 0. The number of amides is 6. The smallest absolute Gasteiger partial charge is 0.338 e. The average Bonchev–Trinajstić information content (AvgIpc) is 3.61. The number of fused-ring (bicyclic) bond motifs is 1. The molecule has 60 heavy (non-hydrogen) atoms. The highest BCUT2D eigenvalue weighted by Crippen LogP contribution is 2.41. The lowest BCUT2D eigenvalue weighted by molar-refractivity contribution is -0.134. The lowest BCUT2D eigenvalue weighted by Gasteiger charge is -2.44. The minimum atomic E-state index is -0.985. The monoisotopic (exact) mass is 881 g/mol. The summed E-state index contributed by atoms with van der Waals surface area (Å²) < 4.78 is 9.24. The molecule has 4 fully saturated rings. The van der Waals surface area contributed by atoms with Gasteiger partial charge >= 0.3 is 6.03 Å². The average molecular weight is 883 g/mol. The summed E-state index contributed by atoms with van der Waals surface area (Å²) in [4.78, 5) is 71.9. The molecule has 2 aromatic carbocycles. The zero-order chi connectivity index (χ0) is 42.2. The van der Waals surface area contributed by atoms with Gasteiger partial charge in [-0.15, -0.1) is 12.4 Å². The number of imide groups is 2. The summed E-state index contributed by atoms with van der Waals surface area (Å²) >= 11 is 7.24. The standard InChI is InChI=1S/C42H52ClN9O6S.ClH/c1-25-22-49(23-26(2)50(25)24-36(54)45-34-9-6-8-31-37(47-48(5)38(31)34)32-16-17-35(53)46-39(32)55)18-7-19-58-29-13-11-28(12-14-29)51-41(57)52(40(56)42(51,3)4)59-30-15-10-27(21-44)33(43)20-30;/h6,8-10,15,20,25-26,28-29,32H,7,11-14,16-19,22-24H2,1-5H3,(H,45,54)(H,46,53,55);1H/t25-,26+,28?,29?,32?;. The van der Waals surface area contributed by atoms with Crippen LogP contribution in [0.4, 0.5) is 10.5 Å². The Morgan fingerprint density at radius 1 is 1.07 bits per heavy atom. The highest BCUT2D eigenvalue weighted by molar-refractivity contribution is 7.98. The fourth-order valence-electron chi connectivity index (χ4n) is 9.22. The maximum absolute atomic E-state index is 13.6. The first-order chi connectivity index (χ1) is 28.2. The number of piperidine rings is 1. The lowest BCUT2D eigenvalue weighted by atomic mass is 9.89. The number of para-hydroxylation sites is 1. The number of anilines is 1. The van der Waals surface area contributed by atoms with E-state index in [4.69, 9.17) is 16.3 Å². The molecule has 0 spiro atoms. The fourth-order valence-corrected chi connectivity index (χ4v) is 10.5. The number of aromatic nitrogens is 2. The van der Waals surface area contributed by atoms with Gasteiger partial charge in [0, 0.05) is 68.1 Å². The van der Waals surface area contributed by atoms with E-state index in [1.54, 1.807) is 48.7 Å². The SMILES string of the molecule is C[C@@H]1CN(CCCOC2CCC(N3C(=O)N(Sc4ccc(C#N)c(Cl)c4)C(=O)C3(C)C)CC2)C[C@H](C)N1CC(=O)Nc1cccc2c(C3CCC(=O)NC3=O)nn(C)c12.Cl. The topological polar surface area (TPSA) is 173 Å². The van der Waals surface area contributed by atoms with E-state index in [2.05, 4.69) is 39.4 Å². The predicted octanol–water partition coefficient (Wildman–Crippen LogP) is 5.84. The summed E-state index contributed by atoms with van der Waals surface area (Å²) in [7, 11) is 1.79. The van der Waals surface area contributed by atoms with Crippen LogP contribution in [0.25, 0.3) is 10.9 Å². The molecule has 7 rings (SSSR count). The van der Waals surface area contributed by atoms with Crippen LogP contribution in [0, 0.1) is 11.3 Å². The molecule has 6 amide bonds. The second kappa shape index (κ2) is 18.8. The summed E-state index contributed by atoms with van der Waals surface area (Å²) in [6, 6.07) is 12.4. The zero-order valence-electron chi connectivity index (χ0n) is 34.6. The van der Waals surface area contributed by atoms with E-state index in [1.165, 1.54) is 4.31 Å². The van der Waals surface area contributed by atoms with Gasteiger partial charge in [0.2, 0.25) is 17.7 Å². The van der Waals surface area contributed by atoms with Gasteiger partial charge in [-0.05, 0) is 102 Å². The fraction of sp³-hybridized carbons (Fsp3) is 0.548. The Labute approximate surface area is 366 Å². The summed E-state index contributed by atoms with van der Waals surface area (Å²) in [5.41, 5.74) is 1.32. The van der Waals surface area contributed by atoms with Crippen LogP contribution in [-0.2, 0) is 31.0 Å². The molecule has 3 atom stereocenters. The second-order valence-corrected chi connectivity index (χ2v) is 18.1. The maximum Gasteiger partial charge on any atom is 0.338 e. The third-order valence-corrected chi connectivity index (χ3v) is 13.5. The number of nitrogens with one attached hydrogen (secondary N) is 2. The van der Waals surface area contributed by atoms with Crippen LogP contribution in [-0.4, -0.2) is 121 Å². The molecule has 1 unspecified atom stereocenters. The Hall–Kier alpha value is -4.24. The van der Waals surface area contributed by atoms with Crippen LogP contribution in [0.15, 0.2) is 41.3 Å². The molecule has 0 radical (unpaired) electrons. The summed E-state index contributed by atoms with van der Waals surface area (Å²) in [6.45, 7) is 11.3. The number of ether oxygens (including phenoxy) is 1. The molecule has 3 saturated heterocycles. The van der Waals surface area contributed by atoms with Crippen molar-refractivity contribution in [2.45, 2.75) is 113 Å². The normalized spacial score (nSPS) is 25.0. The number of nitriles is 1. The number of urea groups is 1. The van der Waals surface area contributed by atoms with Gasteiger partial charge in [-0.2, -0.15) is 14.7 Å². The van der Waals surface area contributed by atoms with Crippen LogP contribution >= 0.6 is 36.0 Å². The van der Waals surface area contributed by atoms with Crippen molar-refractivity contribution in [2.75, 3.05) is 38.1 Å². The van der Waals surface area contributed by atoms with E-state index in [-0.39, 0.29) is 84.3 Å². The van der Waals surface area contributed by atoms with E-state index < -0.39 is 11.5 Å². The molecule has 4 aliphatic rings. The molecular formula is C42H53Cl2N9O6S. The Bertz CT molecular complexity index is 2180. The molecule has 0 bridgehead atoms. The van der Waals surface area contributed by atoms with Crippen LogP contribution in [0.5, 0.6) is 0 Å². The van der Waals surface area contributed by atoms with Gasteiger partial charge in [0.25, 0.3) is 5.91 Å². The summed E-state index contributed by atoms with van der Waals surface area (Å²) in [6.07, 6.45) is 4.76. The van der Waals surface area contributed by atoms with Gasteiger partial charge in [-0.25, -0.2) is 4.79 Å². The number of benzene rings is 2. The molecule has 1 aromatic heterocycles. The van der Waals surface area contributed by atoms with Crippen molar-refractivity contribution in [3.8, 4) is 6.07 Å². The number of carbonyl (C=O) groups is 5. The van der Waals surface area contributed by atoms with E-state index in [1.807, 2.05) is 24.3 Å². The first kappa shape index (κ1) is 45.3. The Balaban J connectivity index is 0.00000604. The molecule has 3 aromatic rings. The van der Waals surface area contributed by atoms with Crippen molar-refractivity contribution < 1.29 is 28.7 Å². The van der Waals surface area contributed by atoms with Crippen molar-refractivity contribution in [3.05, 3.63) is 52.7 Å². The van der Waals surface area contributed by atoms with Crippen molar-refractivity contribution in [3.63, 3.8) is 0 Å². The lowest BCUT2D eigenvalue weighted by Crippen LogP contribution is -2.58. The van der Waals surface area contributed by atoms with Gasteiger partial charge in [0.15, 0.2) is 0 Å². The minimum Gasteiger partial charge on any atom is -0.378 e. The van der Waals surface area contributed by atoms with Gasteiger partial charge in [0.05, 0.1) is 46.1 Å². The van der Waals surface area contributed by atoms with Gasteiger partial charge < -0.3 is 19.9 Å². The zero-order valence-corrected chi connectivity index (χ0v) is 37.0. The first-order valence-corrected chi connectivity index (χ1v) is 21.6. The van der Waals surface area contributed by atoms with Gasteiger partial charge in [-0.1, -0.05) is 23.7 Å². The number of carbonyl (C=O) groups excluding carboxylic acids is 5. The van der Waals surface area contributed by atoms with E-state index in [0.29, 0.717) is 34.9 Å². The first-order valence-electron chi connectivity index (χ1n) is 20.4. The predicted molar refractivity (Wildman–Crippen MR) is 231 cm³/mol. The van der Waals surface area contributed by atoms with Gasteiger partial charge in [0.1, 0.15) is 11.6 Å².